The maximum atomic E-state index is 12.4. The Morgan fingerprint density at radius 1 is 1.39 bits per heavy atom. The van der Waals surface area contributed by atoms with Crippen LogP contribution in [0.2, 0.25) is 0 Å². The van der Waals surface area contributed by atoms with E-state index in [0.29, 0.717) is 5.69 Å². The number of amides is 1. The first-order valence-corrected chi connectivity index (χ1v) is 8.24. The molecule has 0 saturated carbocycles. The summed E-state index contributed by atoms with van der Waals surface area (Å²) < 4.78 is 1.76. The van der Waals surface area contributed by atoms with Crippen LogP contribution in [0.1, 0.15) is 15.5 Å². The number of carbonyl (C=O) groups is 1. The molecular formula is C15H16N6OS. The first-order valence-electron chi connectivity index (χ1n) is 7.36. The van der Waals surface area contributed by atoms with Gasteiger partial charge in [-0.15, -0.1) is 16.4 Å². The van der Waals surface area contributed by atoms with E-state index in [9.17, 15) is 4.79 Å². The van der Waals surface area contributed by atoms with E-state index in [1.165, 1.54) is 11.3 Å². The molecule has 1 aliphatic rings. The lowest BCUT2D eigenvalue weighted by Crippen LogP contribution is -2.60. The number of imidazole rings is 1. The number of carbonyl (C=O) groups excluding carboxylic acids is 1. The summed E-state index contributed by atoms with van der Waals surface area (Å²) >= 11 is 1.50. The van der Waals surface area contributed by atoms with Gasteiger partial charge in [0.2, 0.25) is 0 Å². The van der Waals surface area contributed by atoms with Crippen molar-refractivity contribution in [2.45, 2.75) is 13.0 Å². The molecule has 0 radical (unpaired) electrons. The molecular weight excluding hydrogens is 312 g/mol. The summed E-state index contributed by atoms with van der Waals surface area (Å²) in [7, 11) is 1.84. The summed E-state index contributed by atoms with van der Waals surface area (Å²) in [5.74, 6) is 0.883. The number of anilines is 1. The van der Waals surface area contributed by atoms with Gasteiger partial charge in [-0.2, -0.15) is 0 Å². The van der Waals surface area contributed by atoms with Crippen molar-refractivity contribution in [3.8, 4) is 0 Å². The molecule has 3 aromatic rings. The summed E-state index contributed by atoms with van der Waals surface area (Å²) in [6.45, 7) is 3.46. The summed E-state index contributed by atoms with van der Waals surface area (Å²) in [4.78, 5) is 24.8. The molecule has 4 rings (SSSR count). The van der Waals surface area contributed by atoms with Crippen molar-refractivity contribution in [3.05, 3.63) is 40.6 Å². The van der Waals surface area contributed by atoms with E-state index in [4.69, 9.17) is 0 Å². The quantitative estimate of drug-likeness (QED) is 0.728. The first-order chi connectivity index (χ1) is 11.1. The summed E-state index contributed by atoms with van der Waals surface area (Å²) in [6, 6.07) is 4.09. The molecule has 7 nitrogen and oxygen atoms in total. The lowest BCUT2D eigenvalue weighted by Gasteiger charge is -2.44. The number of likely N-dealkylation sites (N-methyl/N-ethyl adjacent to an activating group) is 1. The molecule has 0 N–H and O–H groups in total. The maximum absolute atomic E-state index is 12.4. The number of aryl methyl sites for hydroxylation is 1. The van der Waals surface area contributed by atoms with Gasteiger partial charge in [0.05, 0.1) is 11.0 Å². The van der Waals surface area contributed by atoms with E-state index in [1.54, 1.807) is 15.6 Å². The van der Waals surface area contributed by atoms with Gasteiger partial charge in [-0.05, 0) is 19.1 Å². The average Bonchev–Trinajstić information content (AvgIpc) is 3.13. The Morgan fingerprint density at radius 2 is 2.22 bits per heavy atom. The van der Waals surface area contributed by atoms with E-state index in [2.05, 4.69) is 20.0 Å². The zero-order chi connectivity index (χ0) is 16.0. The van der Waals surface area contributed by atoms with E-state index in [1.807, 2.05) is 37.7 Å². The fraction of sp³-hybridized carbons (Fsp3) is 0.333. The van der Waals surface area contributed by atoms with Crippen LogP contribution >= 0.6 is 11.3 Å². The van der Waals surface area contributed by atoms with Gasteiger partial charge in [0.15, 0.2) is 5.65 Å². The van der Waals surface area contributed by atoms with Crippen LogP contribution < -0.4 is 4.90 Å². The third kappa shape index (κ3) is 2.44. The van der Waals surface area contributed by atoms with Crippen LogP contribution in [0.3, 0.4) is 0 Å². The summed E-state index contributed by atoms with van der Waals surface area (Å²) in [5.41, 5.74) is 1.36. The van der Waals surface area contributed by atoms with Gasteiger partial charge in [0.25, 0.3) is 5.91 Å². The predicted octanol–water partition coefficient (Wildman–Crippen LogP) is 1.46. The number of rotatable bonds is 3. The van der Waals surface area contributed by atoms with Gasteiger partial charge in [-0.1, -0.05) is 0 Å². The second kappa shape index (κ2) is 5.31. The van der Waals surface area contributed by atoms with E-state index < -0.39 is 0 Å². The fourth-order valence-electron chi connectivity index (χ4n) is 2.67. The monoisotopic (exact) mass is 328 g/mol. The minimum atomic E-state index is -0.0166. The van der Waals surface area contributed by atoms with Gasteiger partial charge in [-0.3, -0.25) is 4.79 Å². The Kier molecular flexibility index (Phi) is 3.26. The van der Waals surface area contributed by atoms with Crippen molar-refractivity contribution < 1.29 is 4.79 Å². The number of thiazole rings is 1. The molecule has 4 heterocycles. The highest BCUT2D eigenvalue weighted by Crippen LogP contribution is 2.22. The van der Waals surface area contributed by atoms with Crippen LogP contribution in [0, 0.1) is 6.92 Å². The van der Waals surface area contributed by atoms with Gasteiger partial charge in [0.1, 0.15) is 11.5 Å². The Balaban J connectivity index is 1.43. The van der Waals surface area contributed by atoms with Crippen molar-refractivity contribution in [1.82, 2.24) is 24.5 Å². The summed E-state index contributed by atoms with van der Waals surface area (Å²) in [6.07, 6.45) is 3.56. The van der Waals surface area contributed by atoms with Crippen molar-refractivity contribution in [2.75, 3.05) is 25.0 Å². The Morgan fingerprint density at radius 3 is 2.96 bits per heavy atom. The van der Waals surface area contributed by atoms with Crippen molar-refractivity contribution in [2.24, 2.45) is 0 Å². The van der Waals surface area contributed by atoms with E-state index in [-0.39, 0.29) is 11.9 Å². The Hall–Kier alpha value is -2.48. The number of fused-ring (bicyclic) bond motifs is 1. The van der Waals surface area contributed by atoms with E-state index in [0.717, 1.165) is 29.6 Å². The first kappa shape index (κ1) is 14.1. The zero-order valence-corrected chi connectivity index (χ0v) is 13.7. The number of hydrogen-bond donors (Lipinski definition) is 0. The van der Waals surface area contributed by atoms with Crippen molar-refractivity contribution in [1.29, 1.82) is 0 Å². The Bertz CT molecular complexity index is 866. The minimum Gasteiger partial charge on any atom is -0.351 e. The largest absolute Gasteiger partial charge is 0.351 e. The molecule has 3 aromatic heterocycles. The molecule has 118 valence electrons. The standard InChI is InChI=1S/C15H16N6OS/c1-10-17-12(9-23-10)15(22)19(2)11-7-20(8-11)14-4-3-13-16-5-6-21(13)18-14/h3-6,9,11H,7-8H2,1-2H3. The molecule has 1 amide bonds. The normalized spacial score (nSPS) is 15.0. The van der Waals surface area contributed by atoms with Gasteiger partial charge >= 0.3 is 0 Å². The van der Waals surface area contributed by atoms with Crippen LogP contribution in [0.4, 0.5) is 5.82 Å². The molecule has 0 atom stereocenters. The minimum absolute atomic E-state index is 0.0166. The van der Waals surface area contributed by atoms with Crippen LogP contribution in [0.5, 0.6) is 0 Å². The van der Waals surface area contributed by atoms with Gasteiger partial charge in [-0.25, -0.2) is 14.5 Å². The molecule has 1 saturated heterocycles. The molecule has 1 fully saturated rings. The molecule has 23 heavy (non-hydrogen) atoms. The van der Waals surface area contributed by atoms with Crippen LogP contribution in [0.15, 0.2) is 29.9 Å². The lowest BCUT2D eigenvalue weighted by atomic mass is 10.1. The molecule has 0 aliphatic carbocycles. The number of hydrogen-bond acceptors (Lipinski definition) is 6. The highest BCUT2D eigenvalue weighted by molar-refractivity contribution is 7.09. The van der Waals surface area contributed by atoms with Gasteiger partial charge < -0.3 is 9.80 Å². The number of aromatic nitrogens is 4. The molecule has 0 unspecified atom stereocenters. The SMILES string of the molecule is Cc1nc(C(=O)N(C)C2CN(c3ccc4nccn4n3)C2)cs1. The average molecular weight is 328 g/mol. The molecule has 0 spiro atoms. The predicted molar refractivity (Wildman–Crippen MR) is 87.9 cm³/mol. The van der Waals surface area contributed by atoms with Crippen molar-refractivity contribution in [3.63, 3.8) is 0 Å². The topological polar surface area (TPSA) is 66.6 Å². The molecule has 0 bridgehead atoms. The highest BCUT2D eigenvalue weighted by atomic mass is 32.1. The van der Waals surface area contributed by atoms with Crippen LogP contribution in [-0.4, -0.2) is 56.6 Å². The maximum Gasteiger partial charge on any atom is 0.273 e. The Labute approximate surface area is 137 Å². The second-order valence-corrected chi connectivity index (χ2v) is 6.71. The molecule has 0 aromatic carbocycles. The number of nitrogens with zero attached hydrogens (tertiary/aromatic N) is 6. The third-order valence-electron chi connectivity index (χ3n) is 4.13. The third-order valence-corrected chi connectivity index (χ3v) is 4.91. The summed E-state index contributed by atoms with van der Waals surface area (Å²) in [5, 5.41) is 7.25. The second-order valence-electron chi connectivity index (χ2n) is 5.65. The molecule has 1 aliphatic heterocycles. The lowest BCUT2D eigenvalue weighted by molar-refractivity contribution is 0.0699. The van der Waals surface area contributed by atoms with Crippen LogP contribution in [-0.2, 0) is 0 Å². The smallest absolute Gasteiger partial charge is 0.273 e. The van der Waals surface area contributed by atoms with E-state index >= 15 is 0 Å². The fourth-order valence-corrected chi connectivity index (χ4v) is 3.26. The van der Waals surface area contributed by atoms with Crippen LogP contribution in [0.25, 0.3) is 5.65 Å². The molecule has 8 heteroatoms. The highest BCUT2D eigenvalue weighted by Gasteiger charge is 2.34. The van der Waals surface area contributed by atoms with Crippen molar-refractivity contribution >= 4 is 28.7 Å². The van der Waals surface area contributed by atoms with Gasteiger partial charge in [0, 0.05) is 37.9 Å². The zero-order valence-electron chi connectivity index (χ0n) is 12.9.